The maximum absolute atomic E-state index is 5.54. The number of ether oxygens (including phenoxy) is 2. The van der Waals surface area contributed by atoms with E-state index < -0.39 is 0 Å². The molecule has 0 amide bonds. The number of methoxy groups -OCH3 is 1. The van der Waals surface area contributed by atoms with Crippen LogP contribution in [-0.2, 0) is 22.9 Å². The van der Waals surface area contributed by atoms with Gasteiger partial charge in [-0.15, -0.1) is 10.2 Å². The van der Waals surface area contributed by atoms with Gasteiger partial charge in [-0.2, -0.15) is 4.80 Å². The molecule has 1 saturated heterocycles. The molecule has 1 aliphatic rings. The zero-order valence-electron chi connectivity index (χ0n) is 11.1. The van der Waals surface area contributed by atoms with Gasteiger partial charge in [-0.1, -0.05) is 0 Å². The Morgan fingerprint density at radius 2 is 2.44 bits per heavy atom. The molecule has 102 valence electrons. The predicted octanol–water partition coefficient (Wildman–Crippen LogP) is -0.605. The summed E-state index contributed by atoms with van der Waals surface area (Å²) in [5, 5.41) is 15.6. The van der Waals surface area contributed by atoms with Crippen LogP contribution in [0.25, 0.3) is 0 Å². The summed E-state index contributed by atoms with van der Waals surface area (Å²) in [6.07, 6.45) is 1.84. The summed E-state index contributed by atoms with van der Waals surface area (Å²) in [7, 11) is 3.49. The number of rotatable bonds is 7. The van der Waals surface area contributed by atoms with Gasteiger partial charge < -0.3 is 14.8 Å². The van der Waals surface area contributed by atoms with Crippen molar-refractivity contribution in [3.05, 3.63) is 5.82 Å². The van der Waals surface area contributed by atoms with Crippen LogP contribution < -0.4 is 5.32 Å². The highest BCUT2D eigenvalue weighted by atomic mass is 16.5. The fraction of sp³-hybridized carbons (Fsp3) is 0.909. The second-order valence-corrected chi connectivity index (χ2v) is 4.84. The van der Waals surface area contributed by atoms with Crippen molar-refractivity contribution in [1.82, 2.24) is 25.5 Å². The molecular weight excluding hydrogens is 234 g/mol. The molecule has 18 heavy (non-hydrogen) atoms. The van der Waals surface area contributed by atoms with E-state index in [1.807, 2.05) is 0 Å². The predicted molar refractivity (Wildman–Crippen MR) is 65.1 cm³/mol. The number of tetrazole rings is 1. The minimum Gasteiger partial charge on any atom is -0.383 e. The third kappa shape index (κ3) is 3.47. The van der Waals surface area contributed by atoms with Gasteiger partial charge in [0.15, 0.2) is 5.82 Å². The summed E-state index contributed by atoms with van der Waals surface area (Å²) in [6, 6.07) is 0. The SMILES string of the molecule is COCCNCC1(Cc2nnn(C)n2)CCOC1. The van der Waals surface area contributed by atoms with E-state index in [-0.39, 0.29) is 5.41 Å². The second-order valence-electron chi connectivity index (χ2n) is 4.84. The van der Waals surface area contributed by atoms with Crippen molar-refractivity contribution in [1.29, 1.82) is 0 Å². The summed E-state index contributed by atoms with van der Waals surface area (Å²) in [5.74, 6) is 0.788. The van der Waals surface area contributed by atoms with Crippen LogP contribution in [0.2, 0.25) is 0 Å². The molecule has 0 saturated carbocycles. The fourth-order valence-electron chi connectivity index (χ4n) is 2.25. The number of nitrogens with zero attached hydrogens (tertiary/aromatic N) is 4. The molecule has 0 radical (unpaired) electrons. The minimum absolute atomic E-state index is 0.0940. The lowest BCUT2D eigenvalue weighted by atomic mass is 9.83. The smallest absolute Gasteiger partial charge is 0.175 e. The van der Waals surface area contributed by atoms with Gasteiger partial charge >= 0.3 is 0 Å². The largest absolute Gasteiger partial charge is 0.383 e. The van der Waals surface area contributed by atoms with Crippen LogP contribution in [0.4, 0.5) is 0 Å². The molecular formula is C11H21N5O2. The van der Waals surface area contributed by atoms with E-state index in [1.165, 1.54) is 4.80 Å². The Bertz CT molecular complexity index is 362. The van der Waals surface area contributed by atoms with E-state index in [9.17, 15) is 0 Å². The van der Waals surface area contributed by atoms with Crippen LogP contribution in [-0.4, -0.2) is 60.2 Å². The summed E-state index contributed by atoms with van der Waals surface area (Å²) < 4.78 is 10.6. The van der Waals surface area contributed by atoms with Gasteiger partial charge in [0.1, 0.15) is 0 Å². The maximum Gasteiger partial charge on any atom is 0.175 e. The van der Waals surface area contributed by atoms with Gasteiger partial charge in [-0.25, -0.2) is 0 Å². The second kappa shape index (κ2) is 6.21. The highest BCUT2D eigenvalue weighted by Crippen LogP contribution is 2.30. The number of aryl methyl sites for hydroxylation is 1. The molecule has 7 heteroatoms. The minimum atomic E-state index is 0.0940. The van der Waals surface area contributed by atoms with E-state index in [0.29, 0.717) is 0 Å². The standard InChI is InChI=1S/C11H21N5O2/c1-16-14-10(13-15-16)7-11(3-5-18-9-11)8-12-4-6-17-2/h12H,3-9H2,1-2H3. The zero-order chi connectivity index (χ0) is 12.8. The van der Waals surface area contributed by atoms with Crippen molar-refractivity contribution in [2.75, 3.05) is 40.0 Å². The average Bonchev–Trinajstić information content (AvgIpc) is 2.96. The molecule has 0 aliphatic carbocycles. The van der Waals surface area contributed by atoms with Gasteiger partial charge in [0.2, 0.25) is 0 Å². The third-order valence-corrected chi connectivity index (χ3v) is 3.25. The summed E-state index contributed by atoms with van der Waals surface area (Å²) >= 11 is 0. The van der Waals surface area contributed by atoms with E-state index in [1.54, 1.807) is 14.2 Å². The van der Waals surface area contributed by atoms with E-state index in [0.717, 1.165) is 51.6 Å². The molecule has 1 fully saturated rings. The molecule has 1 atom stereocenters. The highest BCUT2D eigenvalue weighted by molar-refractivity contribution is 4.94. The Balaban J connectivity index is 1.89. The zero-order valence-corrected chi connectivity index (χ0v) is 11.1. The normalized spacial score (nSPS) is 23.7. The van der Waals surface area contributed by atoms with Gasteiger partial charge in [-0.3, -0.25) is 0 Å². The van der Waals surface area contributed by atoms with Crippen molar-refractivity contribution in [3.8, 4) is 0 Å². The van der Waals surface area contributed by atoms with Crippen molar-refractivity contribution >= 4 is 0 Å². The first-order valence-corrected chi connectivity index (χ1v) is 6.24. The molecule has 2 rings (SSSR count). The van der Waals surface area contributed by atoms with Crippen LogP contribution in [0.1, 0.15) is 12.2 Å². The lowest BCUT2D eigenvalue weighted by Gasteiger charge is -2.26. The average molecular weight is 255 g/mol. The van der Waals surface area contributed by atoms with E-state index in [2.05, 4.69) is 20.7 Å². The van der Waals surface area contributed by atoms with Crippen LogP contribution in [0.3, 0.4) is 0 Å². The van der Waals surface area contributed by atoms with Crippen LogP contribution in [0.15, 0.2) is 0 Å². The van der Waals surface area contributed by atoms with Gasteiger partial charge in [0.05, 0.1) is 20.3 Å². The molecule has 1 aromatic rings. The number of hydrogen-bond donors (Lipinski definition) is 1. The monoisotopic (exact) mass is 255 g/mol. The van der Waals surface area contributed by atoms with Gasteiger partial charge in [0, 0.05) is 38.6 Å². The Hall–Kier alpha value is -1.05. The first kappa shape index (κ1) is 13.4. The van der Waals surface area contributed by atoms with Gasteiger partial charge in [-0.05, 0) is 11.6 Å². The first-order valence-electron chi connectivity index (χ1n) is 6.24. The summed E-state index contributed by atoms with van der Waals surface area (Å²) in [6.45, 7) is 4.04. The lowest BCUT2D eigenvalue weighted by molar-refractivity contribution is 0.143. The molecule has 1 aromatic heterocycles. The fourth-order valence-corrected chi connectivity index (χ4v) is 2.25. The Kier molecular flexibility index (Phi) is 4.62. The van der Waals surface area contributed by atoms with Crippen LogP contribution in [0.5, 0.6) is 0 Å². The topological polar surface area (TPSA) is 74.1 Å². The molecule has 1 aliphatic heterocycles. The molecule has 0 aromatic carbocycles. The Labute approximate surface area is 107 Å². The maximum atomic E-state index is 5.54. The molecule has 0 spiro atoms. The quantitative estimate of drug-likeness (QED) is 0.656. The number of hydrogen-bond acceptors (Lipinski definition) is 6. The highest BCUT2D eigenvalue weighted by Gasteiger charge is 2.36. The number of nitrogens with one attached hydrogen (secondary N) is 1. The van der Waals surface area contributed by atoms with E-state index in [4.69, 9.17) is 9.47 Å². The first-order chi connectivity index (χ1) is 8.74. The van der Waals surface area contributed by atoms with Crippen molar-refractivity contribution < 1.29 is 9.47 Å². The van der Waals surface area contributed by atoms with Gasteiger partial charge in [0.25, 0.3) is 0 Å². The molecule has 0 bridgehead atoms. The summed E-state index contributed by atoms with van der Waals surface area (Å²) in [5.41, 5.74) is 0.0940. The van der Waals surface area contributed by atoms with Crippen molar-refractivity contribution in [2.24, 2.45) is 12.5 Å². The number of aromatic nitrogens is 4. The molecule has 7 nitrogen and oxygen atoms in total. The third-order valence-electron chi connectivity index (χ3n) is 3.25. The summed E-state index contributed by atoms with van der Waals surface area (Å²) in [4.78, 5) is 1.50. The molecule has 2 heterocycles. The molecule has 1 N–H and O–H groups in total. The molecule has 1 unspecified atom stereocenters. The van der Waals surface area contributed by atoms with E-state index >= 15 is 0 Å². The Morgan fingerprint density at radius 3 is 3.06 bits per heavy atom. The van der Waals surface area contributed by atoms with Crippen molar-refractivity contribution in [3.63, 3.8) is 0 Å². The lowest BCUT2D eigenvalue weighted by Crippen LogP contribution is -2.38. The van der Waals surface area contributed by atoms with Crippen LogP contribution in [0, 0.1) is 5.41 Å². The van der Waals surface area contributed by atoms with Crippen molar-refractivity contribution in [2.45, 2.75) is 12.8 Å². The van der Waals surface area contributed by atoms with Crippen LogP contribution >= 0.6 is 0 Å². The Morgan fingerprint density at radius 1 is 1.56 bits per heavy atom.